The molecule has 0 aliphatic heterocycles. The van der Waals surface area contributed by atoms with Crippen molar-refractivity contribution in [3.63, 3.8) is 0 Å². The second-order valence-corrected chi connectivity index (χ2v) is 10.2. The number of nitrogens with one attached hydrogen (secondary N) is 2. The molecule has 6 aromatic rings. The zero-order valence-corrected chi connectivity index (χ0v) is 24.2. The number of hydrogen-bond acceptors (Lipinski definition) is 6. The molecule has 0 spiro atoms. The second kappa shape index (κ2) is 12.5. The minimum Gasteiger partial charge on any atom is -0.504 e. The minimum absolute atomic E-state index is 0.0182. The van der Waals surface area contributed by atoms with Crippen molar-refractivity contribution >= 4 is 40.3 Å². The number of fused-ring (bicyclic) bond motifs is 1. The first-order valence-corrected chi connectivity index (χ1v) is 14.1. The van der Waals surface area contributed by atoms with E-state index < -0.39 is 0 Å². The van der Waals surface area contributed by atoms with Crippen LogP contribution in [0.1, 0.15) is 42.2 Å². The molecule has 1 heterocycles. The lowest BCUT2D eigenvalue weighted by atomic mass is 10.0. The van der Waals surface area contributed by atoms with Crippen LogP contribution in [0.4, 0.5) is 5.69 Å². The Labute approximate surface area is 258 Å². The number of benzene rings is 5. The zero-order chi connectivity index (χ0) is 31.3. The molecule has 0 saturated carbocycles. The van der Waals surface area contributed by atoms with Crippen molar-refractivity contribution in [3.8, 4) is 22.9 Å². The summed E-state index contributed by atoms with van der Waals surface area (Å²) in [4.78, 5) is 47.0. The number of aromatic hydroxyl groups is 1. The summed E-state index contributed by atoms with van der Waals surface area (Å²) >= 11 is 0. The van der Waals surface area contributed by atoms with Gasteiger partial charge in [0.25, 0.3) is 5.91 Å². The zero-order valence-electron chi connectivity index (χ0n) is 24.2. The van der Waals surface area contributed by atoms with Crippen LogP contribution in [0.15, 0.2) is 121 Å². The number of nitrogens with zero attached hydrogens (tertiary/aromatic N) is 1. The van der Waals surface area contributed by atoms with Crippen LogP contribution in [-0.4, -0.2) is 39.7 Å². The van der Waals surface area contributed by atoms with Gasteiger partial charge in [-0.2, -0.15) is 0 Å². The summed E-state index contributed by atoms with van der Waals surface area (Å²) in [7, 11) is 1.46. The van der Waals surface area contributed by atoms with Gasteiger partial charge in [0.2, 0.25) is 0 Å². The number of hydrogen-bond donors (Lipinski definition) is 3. The van der Waals surface area contributed by atoms with Crippen LogP contribution in [0.3, 0.4) is 0 Å². The van der Waals surface area contributed by atoms with Crippen LogP contribution in [0.25, 0.3) is 28.5 Å². The Morgan fingerprint density at radius 2 is 1.53 bits per heavy atom. The molecule has 0 radical (unpaired) electrons. The van der Waals surface area contributed by atoms with Crippen molar-refractivity contribution in [2.45, 2.75) is 0 Å². The van der Waals surface area contributed by atoms with E-state index in [0.29, 0.717) is 56.2 Å². The lowest BCUT2D eigenvalue weighted by Crippen LogP contribution is -2.13. The van der Waals surface area contributed by atoms with Gasteiger partial charge in [-0.25, -0.2) is 4.98 Å². The Bertz CT molecular complexity index is 2080. The fraction of sp³-hybridized carbons (Fsp3) is 0.0270. The molecule has 0 saturated heterocycles. The Kier molecular flexibility index (Phi) is 8.02. The smallest absolute Gasteiger partial charge is 0.256 e. The Hall–Kier alpha value is -6.28. The van der Waals surface area contributed by atoms with Gasteiger partial charge in [-0.3, -0.25) is 14.4 Å². The van der Waals surface area contributed by atoms with Crippen LogP contribution < -0.4 is 10.1 Å². The van der Waals surface area contributed by atoms with E-state index in [1.807, 2.05) is 30.3 Å². The fourth-order valence-corrected chi connectivity index (χ4v) is 4.90. The van der Waals surface area contributed by atoms with Gasteiger partial charge in [0, 0.05) is 27.9 Å². The molecule has 0 bridgehead atoms. The number of imidazole rings is 1. The molecule has 1 amide bonds. The quantitative estimate of drug-likeness (QED) is 0.119. The van der Waals surface area contributed by atoms with Gasteiger partial charge < -0.3 is 20.1 Å². The molecule has 45 heavy (non-hydrogen) atoms. The van der Waals surface area contributed by atoms with Gasteiger partial charge in [-0.15, -0.1) is 0 Å². The summed E-state index contributed by atoms with van der Waals surface area (Å²) in [5, 5.41) is 12.6. The number of ether oxygens (including phenoxy) is 1. The normalized spacial score (nSPS) is 11.0. The topological polar surface area (TPSA) is 121 Å². The predicted molar refractivity (Wildman–Crippen MR) is 174 cm³/mol. The van der Waals surface area contributed by atoms with E-state index in [-0.39, 0.29) is 23.2 Å². The SMILES string of the molecule is COc1cc(/C=C/C(=O)c2ccc(NC(=O)c3ccccc3-c3nc4cc(C(=O)c5ccccc5)ccc4[nH]3)cc2)ccc1O. The molecule has 0 aliphatic rings. The number of phenols is 1. The van der Waals surface area contributed by atoms with E-state index >= 15 is 0 Å². The highest BCUT2D eigenvalue weighted by Gasteiger charge is 2.17. The number of amides is 1. The fourth-order valence-electron chi connectivity index (χ4n) is 4.90. The van der Waals surface area contributed by atoms with E-state index in [0.717, 1.165) is 5.52 Å². The van der Waals surface area contributed by atoms with E-state index in [9.17, 15) is 19.5 Å². The van der Waals surface area contributed by atoms with Gasteiger partial charge in [0.15, 0.2) is 23.1 Å². The van der Waals surface area contributed by atoms with Crippen molar-refractivity contribution in [2.75, 3.05) is 12.4 Å². The summed E-state index contributed by atoms with van der Waals surface area (Å²) in [6.07, 6.45) is 3.07. The first kappa shape index (κ1) is 28.8. The van der Waals surface area contributed by atoms with E-state index in [4.69, 9.17) is 9.72 Å². The van der Waals surface area contributed by atoms with Gasteiger partial charge in [0.1, 0.15) is 5.82 Å². The molecule has 0 fully saturated rings. The molecule has 0 atom stereocenters. The van der Waals surface area contributed by atoms with E-state index in [1.165, 1.54) is 19.3 Å². The standard InChI is InChI=1S/C37H27N3O5/c1-45-34-21-23(12-20-33(34)42)11-19-32(41)24-13-16-27(17-14-24)38-37(44)29-10-6-5-9-28(29)36-39-30-18-15-26(22-31(30)40-36)35(43)25-7-3-2-4-8-25/h2-22,42H,1H3,(H,38,44)(H,39,40)/b19-11+. The molecular formula is C37H27N3O5. The van der Waals surface area contributed by atoms with Crippen molar-refractivity contribution in [1.29, 1.82) is 0 Å². The summed E-state index contributed by atoms with van der Waals surface area (Å²) in [5.74, 6) is 0.179. The monoisotopic (exact) mass is 593 g/mol. The van der Waals surface area contributed by atoms with Gasteiger partial charge in [0.05, 0.1) is 23.7 Å². The maximum absolute atomic E-state index is 13.4. The number of carbonyl (C=O) groups is 3. The number of ketones is 2. The number of aromatic nitrogens is 2. The molecule has 0 aliphatic carbocycles. The first-order chi connectivity index (χ1) is 21.9. The summed E-state index contributed by atoms with van der Waals surface area (Å²) < 4.78 is 5.11. The van der Waals surface area contributed by atoms with Crippen molar-refractivity contribution < 1.29 is 24.2 Å². The lowest BCUT2D eigenvalue weighted by Gasteiger charge is -2.09. The Balaban J connectivity index is 1.17. The van der Waals surface area contributed by atoms with E-state index in [2.05, 4.69) is 10.3 Å². The summed E-state index contributed by atoms with van der Waals surface area (Å²) in [5.41, 5.74) is 5.15. The van der Waals surface area contributed by atoms with Crippen LogP contribution in [0, 0.1) is 0 Å². The maximum atomic E-state index is 13.4. The minimum atomic E-state index is -0.341. The predicted octanol–water partition coefficient (Wildman–Crippen LogP) is 7.32. The molecule has 1 aromatic heterocycles. The number of allylic oxidation sites excluding steroid dienone is 1. The number of carbonyl (C=O) groups excluding carboxylic acids is 3. The average Bonchev–Trinajstić information content (AvgIpc) is 3.51. The third kappa shape index (κ3) is 6.25. The number of aromatic amines is 1. The maximum Gasteiger partial charge on any atom is 0.256 e. The summed E-state index contributed by atoms with van der Waals surface area (Å²) in [6, 6.07) is 32.9. The third-order valence-corrected chi connectivity index (χ3v) is 7.27. The highest BCUT2D eigenvalue weighted by Crippen LogP contribution is 2.28. The van der Waals surface area contributed by atoms with Crippen LogP contribution in [0.2, 0.25) is 0 Å². The van der Waals surface area contributed by atoms with Crippen molar-refractivity contribution in [3.05, 3.63) is 149 Å². The second-order valence-electron chi connectivity index (χ2n) is 10.2. The third-order valence-electron chi connectivity index (χ3n) is 7.27. The van der Waals surface area contributed by atoms with Crippen molar-refractivity contribution in [1.82, 2.24) is 9.97 Å². The van der Waals surface area contributed by atoms with Gasteiger partial charge >= 0.3 is 0 Å². The van der Waals surface area contributed by atoms with Gasteiger partial charge in [-0.1, -0.05) is 60.7 Å². The van der Waals surface area contributed by atoms with Crippen LogP contribution in [0.5, 0.6) is 11.5 Å². The van der Waals surface area contributed by atoms with Crippen LogP contribution in [-0.2, 0) is 0 Å². The number of rotatable bonds is 9. The average molecular weight is 594 g/mol. The van der Waals surface area contributed by atoms with Crippen LogP contribution >= 0.6 is 0 Å². The highest BCUT2D eigenvalue weighted by molar-refractivity contribution is 6.11. The number of methoxy groups -OCH3 is 1. The largest absolute Gasteiger partial charge is 0.504 e. The molecule has 220 valence electrons. The highest BCUT2D eigenvalue weighted by atomic mass is 16.5. The molecule has 5 aromatic carbocycles. The van der Waals surface area contributed by atoms with Crippen molar-refractivity contribution in [2.24, 2.45) is 0 Å². The molecule has 6 rings (SSSR count). The van der Waals surface area contributed by atoms with E-state index in [1.54, 1.807) is 84.9 Å². The van der Waals surface area contributed by atoms with Gasteiger partial charge in [-0.05, 0) is 72.3 Å². The Morgan fingerprint density at radius 3 is 2.31 bits per heavy atom. The first-order valence-electron chi connectivity index (χ1n) is 14.1. The molecule has 8 heteroatoms. The molecular weight excluding hydrogens is 566 g/mol. The Morgan fingerprint density at radius 1 is 0.800 bits per heavy atom. The number of H-pyrrole nitrogens is 1. The number of anilines is 1. The molecule has 3 N–H and O–H groups in total. The molecule has 0 unspecified atom stereocenters. The summed E-state index contributed by atoms with van der Waals surface area (Å²) in [6.45, 7) is 0. The lowest BCUT2D eigenvalue weighted by molar-refractivity contribution is 0.102. The molecule has 8 nitrogen and oxygen atoms in total. The number of phenolic OH excluding ortho intramolecular Hbond substituents is 1.